The predicted octanol–water partition coefficient (Wildman–Crippen LogP) is 3.21. The monoisotopic (exact) mass is 345 g/mol. The summed E-state index contributed by atoms with van der Waals surface area (Å²) in [4.78, 5) is 19.7. The molecule has 1 heterocycles. The molecule has 1 aromatic heterocycles. The molecule has 0 spiro atoms. The average molecular weight is 346 g/mol. The van der Waals surface area contributed by atoms with Crippen LogP contribution < -0.4 is 4.90 Å². The van der Waals surface area contributed by atoms with Gasteiger partial charge in [-0.25, -0.2) is 0 Å². The summed E-state index contributed by atoms with van der Waals surface area (Å²) in [7, 11) is 7.91. The summed E-state index contributed by atoms with van der Waals surface area (Å²) >= 11 is 1.75. The van der Waals surface area contributed by atoms with E-state index in [0.717, 1.165) is 12.1 Å². The van der Waals surface area contributed by atoms with Crippen LogP contribution in [-0.4, -0.2) is 50.4 Å². The number of hydrogen-bond donors (Lipinski definition) is 0. The van der Waals surface area contributed by atoms with Gasteiger partial charge in [0.1, 0.15) is 0 Å². The van der Waals surface area contributed by atoms with E-state index in [9.17, 15) is 4.79 Å². The number of carbonyl (C=O) groups excluding carboxylic acids is 1. The number of nitrogens with zero attached hydrogens (tertiary/aromatic N) is 3. The summed E-state index contributed by atoms with van der Waals surface area (Å²) in [6, 6.07) is 10.5. The fourth-order valence-electron chi connectivity index (χ4n) is 2.48. The maximum atomic E-state index is 12.4. The molecule has 24 heavy (non-hydrogen) atoms. The Labute approximate surface area is 149 Å². The molecule has 0 aliphatic heterocycles. The van der Waals surface area contributed by atoms with Crippen LogP contribution in [0.4, 0.5) is 5.69 Å². The van der Waals surface area contributed by atoms with E-state index in [1.807, 2.05) is 28.2 Å². The Morgan fingerprint density at radius 2 is 1.67 bits per heavy atom. The Balaban J connectivity index is 1.86. The van der Waals surface area contributed by atoms with E-state index in [2.05, 4.69) is 52.4 Å². The summed E-state index contributed by atoms with van der Waals surface area (Å²) in [5.74, 6) is 0.142. The molecule has 0 aliphatic rings. The number of benzene rings is 1. The van der Waals surface area contributed by atoms with E-state index < -0.39 is 0 Å². The van der Waals surface area contributed by atoms with Gasteiger partial charge in [0, 0.05) is 44.8 Å². The smallest absolute Gasteiger partial charge is 0.236 e. The van der Waals surface area contributed by atoms with Crippen LogP contribution in [0.25, 0.3) is 0 Å². The molecule has 0 unspecified atom stereocenters. The topological polar surface area (TPSA) is 26.8 Å². The minimum atomic E-state index is 0.142. The van der Waals surface area contributed by atoms with Crippen molar-refractivity contribution in [2.75, 3.05) is 39.6 Å². The van der Waals surface area contributed by atoms with Gasteiger partial charge in [-0.2, -0.15) is 0 Å². The lowest BCUT2D eigenvalue weighted by Gasteiger charge is -2.22. The first-order valence-electron chi connectivity index (χ1n) is 8.08. The van der Waals surface area contributed by atoms with Crippen molar-refractivity contribution < 1.29 is 4.79 Å². The molecule has 0 N–H and O–H groups in total. The minimum Gasteiger partial charge on any atom is -0.378 e. The first-order chi connectivity index (χ1) is 11.4. The van der Waals surface area contributed by atoms with Gasteiger partial charge in [0.15, 0.2) is 0 Å². The zero-order valence-corrected chi connectivity index (χ0v) is 16.1. The number of hydrogen-bond acceptors (Lipinski definition) is 4. The second kappa shape index (κ2) is 8.31. The van der Waals surface area contributed by atoms with E-state index in [0.29, 0.717) is 13.1 Å². The molecule has 0 saturated heterocycles. The number of likely N-dealkylation sites (N-methyl/N-ethyl adjacent to an activating group) is 2. The summed E-state index contributed by atoms with van der Waals surface area (Å²) in [6.07, 6.45) is 0. The van der Waals surface area contributed by atoms with Gasteiger partial charge < -0.3 is 9.80 Å². The van der Waals surface area contributed by atoms with Crippen LogP contribution in [0.1, 0.15) is 16.0 Å². The molecule has 0 atom stereocenters. The minimum absolute atomic E-state index is 0.142. The van der Waals surface area contributed by atoms with E-state index in [1.165, 1.54) is 16.1 Å². The number of thiophene rings is 1. The van der Waals surface area contributed by atoms with Gasteiger partial charge in [-0.1, -0.05) is 12.1 Å². The highest BCUT2D eigenvalue weighted by molar-refractivity contribution is 7.10. The second-order valence-corrected chi connectivity index (χ2v) is 7.51. The van der Waals surface area contributed by atoms with E-state index >= 15 is 0 Å². The molecule has 0 bridgehead atoms. The molecule has 0 radical (unpaired) electrons. The van der Waals surface area contributed by atoms with Crippen molar-refractivity contribution >= 4 is 22.9 Å². The molecule has 2 aromatic rings. The van der Waals surface area contributed by atoms with Crippen LogP contribution in [0, 0.1) is 6.92 Å². The third-order valence-corrected chi connectivity index (χ3v) is 5.09. The van der Waals surface area contributed by atoms with Crippen LogP contribution in [0.15, 0.2) is 35.7 Å². The molecule has 0 saturated carbocycles. The molecule has 4 nitrogen and oxygen atoms in total. The number of anilines is 1. The third-order valence-electron chi connectivity index (χ3n) is 4.09. The van der Waals surface area contributed by atoms with Gasteiger partial charge in [-0.15, -0.1) is 11.3 Å². The molecule has 130 valence electrons. The van der Waals surface area contributed by atoms with Crippen molar-refractivity contribution in [3.8, 4) is 0 Å². The quantitative estimate of drug-likeness (QED) is 0.771. The van der Waals surface area contributed by atoms with Crippen molar-refractivity contribution in [1.29, 1.82) is 0 Å². The summed E-state index contributed by atoms with van der Waals surface area (Å²) < 4.78 is 0. The highest BCUT2D eigenvalue weighted by Gasteiger charge is 2.13. The summed E-state index contributed by atoms with van der Waals surface area (Å²) in [6.45, 7) is 4.01. The van der Waals surface area contributed by atoms with E-state index in [1.54, 1.807) is 16.2 Å². The van der Waals surface area contributed by atoms with Gasteiger partial charge in [0.05, 0.1) is 6.54 Å². The summed E-state index contributed by atoms with van der Waals surface area (Å²) in [5, 5.41) is 2.10. The molecule has 2 rings (SSSR count). The highest BCUT2D eigenvalue weighted by atomic mass is 32.1. The van der Waals surface area contributed by atoms with Crippen molar-refractivity contribution in [2.45, 2.75) is 20.0 Å². The fourth-order valence-corrected chi connectivity index (χ4v) is 3.47. The van der Waals surface area contributed by atoms with Crippen LogP contribution in [0.5, 0.6) is 0 Å². The SMILES string of the molecule is Cc1ccsc1CN(C)CC(=O)N(C)Cc1ccc(N(C)C)cc1. The summed E-state index contributed by atoms with van der Waals surface area (Å²) in [5.41, 5.74) is 3.61. The maximum absolute atomic E-state index is 12.4. The van der Waals surface area contributed by atoms with E-state index in [4.69, 9.17) is 0 Å². The second-order valence-electron chi connectivity index (χ2n) is 6.51. The van der Waals surface area contributed by atoms with Crippen LogP contribution in [0.3, 0.4) is 0 Å². The lowest BCUT2D eigenvalue weighted by atomic mass is 10.2. The molecule has 5 heteroatoms. The molecular formula is C19H27N3OS. The fraction of sp³-hybridized carbons (Fsp3) is 0.421. The standard InChI is InChI=1S/C19H27N3OS/c1-15-10-11-24-18(15)13-21(4)14-19(23)22(5)12-16-6-8-17(9-7-16)20(2)3/h6-11H,12-14H2,1-5H3. The largest absolute Gasteiger partial charge is 0.378 e. The van der Waals surface area contributed by atoms with Gasteiger partial charge in [-0.05, 0) is 48.7 Å². The number of rotatable bonds is 7. The van der Waals surface area contributed by atoms with Crippen LogP contribution in [-0.2, 0) is 17.9 Å². The Hall–Kier alpha value is -1.85. The molecule has 0 aliphatic carbocycles. The number of carbonyl (C=O) groups is 1. The Bertz CT molecular complexity index is 664. The van der Waals surface area contributed by atoms with Gasteiger partial charge >= 0.3 is 0 Å². The van der Waals surface area contributed by atoms with Crippen LogP contribution >= 0.6 is 11.3 Å². The molecule has 0 fully saturated rings. The highest BCUT2D eigenvalue weighted by Crippen LogP contribution is 2.17. The Morgan fingerprint density at radius 3 is 2.21 bits per heavy atom. The first-order valence-corrected chi connectivity index (χ1v) is 8.96. The lowest BCUT2D eigenvalue weighted by molar-refractivity contribution is -0.131. The maximum Gasteiger partial charge on any atom is 0.236 e. The van der Waals surface area contributed by atoms with Crippen molar-refractivity contribution in [3.05, 3.63) is 51.7 Å². The predicted molar refractivity (Wildman–Crippen MR) is 103 cm³/mol. The van der Waals surface area contributed by atoms with Gasteiger partial charge in [-0.3, -0.25) is 9.69 Å². The normalized spacial score (nSPS) is 10.9. The average Bonchev–Trinajstić information content (AvgIpc) is 2.92. The zero-order chi connectivity index (χ0) is 17.7. The molecular weight excluding hydrogens is 318 g/mol. The zero-order valence-electron chi connectivity index (χ0n) is 15.2. The Kier molecular flexibility index (Phi) is 6.40. The number of aryl methyl sites for hydroxylation is 1. The molecule has 1 aromatic carbocycles. The Morgan fingerprint density at radius 1 is 1.00 bits per heavy atom. The van der Waals surface area contributed by atoms with Crippen molar-refractivity contribution in [2.24, 2.45) is 0 Å². The van der Waals surface area contributed by atoms with Gasteiger partial charge in [0.25, 0.3) is 0 Å². The third kappa shape index (κ3) is 5.08. The van der Waals surface area contributed by atoms with Crippen molar-refractivity contribution in [3.63, 3.8) is 0 Å². The van der Waals surface area contributed by atoms with Crippen LogP contribution in [0.2, 0.25) is 0 Å². The molecule has 1 amide bonds. The first kappa shape index (κ1) is 18.5. The van der Waals surface area contributed by atoms with Crippen molar-refractivity contribution in [1.82, 2.24) is 9.80 Å². The van der Waals surface area contributed by atoms with E-state index in [-0.39, 0.29) is 5.91 Å². The number of amides is 1. The lowest BCUT2D eigenvalue weighted by Crippen LogP contribution is -2.36. The van der Waals surface area contributed by atoms with Gasteiger partial charge in [0.2, 0.25) is 5.91 Å².